The summed E-state index contributed by atoms with van der Waals surface area (Å²) in [5.41, 5.74) is 0.870. The van der Waals surface area contributed by atoms with Crippen molar-refractivity contribution >= 4 is 23.5 Å². The maximum atomic E-state index is 13.3. The number of ether oxygens (including phenoxy) is 1. The fraction of sp³-hybridized carbons (Fsp3) is 0.0625. The molecule has 0 unspecified atom stereocenters. The van der Waals surface area contributed by atoms with E-state index in [1.165, 1.54) is 18.2 Å². The van der Waals surface area contributed by atoms with E-state index in [0.717, 1.165) is 6.07 Å². The molecule has 0 aliphatic rings. The van der Waals surface area contributed by atoms with E-state index in [1.807, 2.05) is 0 Å². The van der Waals surface area contributed by atoms with Crippen LogP contribution in [0.15, 0.2) is 42.5 Å². The lowest BCUT2D eigenvalue weighted by molar-refractivity contribution is 0.104. The molecule has 0 radical (unpaired) electrons. The number of aromatic hydroxyl groups is 1. The van der Waals surface area contributed by atoms with Crippen molar-refractivity contribution in [3.8, 4) is 11.5 Å². The number of rotatable bonds is 4. The van der Waals surface area contributed by atoms with Crippen molar-refractivity contribution in [2.24, 2.45) is 0 Å². The quantitative estimate of drug-likeness (QED) is 0.683. The Labute approximate surface area is 126 Å². The van der Waals surface area contributed by atoms with Crippen LogP contribution in [0.1, 0.15) is 15.9 Å². The Morgan fingerprint density at radius 2 is 1.95 bits per heavy atom. The molecule has 5 heteroatoms. The minimum absolute atomic E-state index is 0.105. The van der Waals surface area contributed by atoms with Gasteiger partial charge in [-0.15, -0.1) is 0 Å². The van der Waals surface area contributed by atoms with Gasteiger partial charge in [-0.05, 0) is 48.0 Å². The fourth-order valence-corrected chi connectivity index (χ4v) is 1.92. The van der Waals surface area contributed by atoms with Crippen molar-refractivity contribution < 1.29 is 19.0 Å². The van der Waals surface area contributed by atoms with E-state index in [-0.39, 0.29) is 10.8 Å². The normalized spacial score (nSPS) is 10.8. The van der Waals surface area contributed by atoms with E-state index >= 15 is 0 Å². The zero-order chi connectivity index (χ0) is 15.4. The summed E-state index contributed by atoms with van der Waals surface area (Å²) in [7, 11) is 1.54. The zero-order valence-corrected chi connectivity index (χ0v) is 11.9. The number of ketones is 1. The summed E-state index contributed by atoms with van der Waals surface area (Å²) in [5, 5.41) is 9.12. The maximum Gasteiger partial charge on any atom is 0.185 e. The Hall–Kier alpha value is -2.33. The molecule has 2 aromatic rings. The minimum atomic E-state index is -0.834. The number of phenolic OH excluding ortho intramolecular Hbond substituents is 1. The van der Waals surface area contributed by atoms with Gasteiger partial charge in [-0.2, -0.15) is 0 Å². The van der Waals surface area contributed by atoms with E-state index in [2.05, 4.69) is 0 Å². The molecule has 3 nitrogen and oxygen atoms in total. The fourth-order valence-electron chi connectivity index (χ4n) is 1.70. The third kappa shape index (κ3) is 3.61. The number of hydrogen-bond acceptors (Lipinski definition) is 3. The molecule has 0 aliphatic carbocycles. The van der Waals surface area contributed by atoms with Crippen LogP contribution in [0.5, 0.6) is 11.5 Å². The number of hydrogen-bond donors (Lipinski definition) is 1. The summed E-state index contributed by atoms with van der Waals surface area (Å²) in [4.78, 5) is 12.0. The summed E-state index contributed by atoms with van der Waals surface area (Å²) in [5.74, 6) is -1.01. The molecule has 0 bridgehead atoms. The van der Waals surface area contributed by atoms with Crippen LogP contribution < -0.4 is 4.74 Å². The first-order valence-corrected chi connectivity index (χ1v) is 6.43. The van der Waals surface area contributed by atoms with E-state index < -0.39 is 11.6 Å². The van der Waals surface area contributed by atoms with Crippen molar-refractivity contribution in [3.05, 3.63) is 64.4 Å². The molecule has 21 heavy (non-hydrogen) atoms. The van der Waals surface area contributed by atoms with Crippen LogP contribution in [0.4, 0.5) is 4.39 Å². The van der Waals surface area contributed by atoms with Crippen LogP contribution in [0.2, 0.25) is 5.02 Å². The molecule has 0 atom stereocenters. The molecule has 0 spiro atoms. The average Bonchev–Trinajstić information content (AvgIpc) is 2.50. The van der Waals surface area contributed by atoms with E-state index in [9.17, 15) is 14.3 Å². The molecular weight excluding hydrogens is 295 g/mol. The van der Waals surface area contributed by atoms with E-state index in [4.69, 9.17) is 16.3 Å². The number of phenols is 1. The van der Waals surface area contributed by atoms with Gasteiger partial charge in [-0.25, -0.2) is 4.39 Å². The van der Waals surface area contributed by atoms with Crippen LogP contribution in [0, 0.1) is 5.82 Å². The smallest absolute Gasteiger partial charge is 0.185 e. The summed E-state index contributed by atoms with van der Waals surface area (Å²) < 4.78 is 18.3. The number of allylic oxidation sites excluding steroid dienone is 1. The first-order chi connectivity index (χ1) is 10.0. The molecule has 0 heterocycles. The number of methoxy groups -OCH3 is 1. The van der Waals surface area contributed by atoms with Crippen LogP contribution in [0.3, 0.4) is 0 Å². The highest BCUT2D eigenvalue weighted by atomic mass is 35.5. The number of benzene rings is 2. The van der Waals surface area contributed by atoms with Gasteiger partial charge in [-0.1, -0.05) is 17.7 Å². The Kier molecular flexibility index (Phi) is 4.60. The van der Waals surface area contributed by atoms with Gasteiger partial charge < -0.3 is 9.84 Å². The number of halogens is 2. The number of carbonyl (C=O) groups excluding carboxylic acids is 1. The minimum Gasteiger partial charge on any atom is -0.504 e. The highest BCUT2D eigenvalue weighted by Gasteiger charge is 2.07. The maximum absolute atomic E-state index is 13.3. The van der Waals surface area contributed by atoms with Crippen molar-refractivity contribution in [2.45, 2.75) is 0 Å². The van der Waals surface area contributed by atoms with Crippen LogP contribution in [-0.4, -0.2) is 18.0 Å². The Morgan fingerprint density at radius 1 is 1.29 bits per heavy atom. The first-order valence-electron chi connectivity index (χ1n) is 6.05. The predicted molar refractivity (Wildman–Crippen MR) is 79.4 cm³/mol. The summed E-state index contributed by atoms with van der Waals surface area (Å²) in [6.45, 7) is 0. The standard InChI is InChI=1S/C16H12ClFO3/c1-21-12-5-3-11(4-6-12)15(19)7-2-10-8-13(17)16(20)14(18)9-10/h2-9,20H,1H3/b7-2+. The van der Waals surface area contributed by atoms with Gasteiger partial charge in [-0.3, -0.25) is 4.79 Å². The summed E-state index contributed by atoms with van der Waals surface area (Å²) in [6, 6.07) is 9.10. The molecule has 2 rings (SSSR count). The third-order valence-corrected chi connectivity index (χ3v) is 3.13. The molecule has 0 fully saturated rings. The SMILES string of the molecule is COc1ccc(C(=O)/C=C/c2cc(F)c(O)c(Cl)c2)cc1. The molecule has 0 aromatic heterocycles. The third-order valence-electron chi connectivity index (χ3n) is 2.84. The molecule has 2 aromatic carbocycles. The topological polar surface area (TPSA) is 46.5 Å². The van der Waals surface area contributed by atoms with Gasteiger partial charge in [0.2, 0.25) is 0 Å². The van der Waals surface area contributed by atoms with E-state index in [1.54, 1.807) is 31.4 Å². The van der Waals surface area contributed by atoms with Crippen LogP contribution in [-0.2, 0) is 0 Å². The molecular formula is C16H12ClFO3. The predicted octanol–water partition coefficient (Wildman–Crippen LogP) is 4.09. The lowest BCUT2D eigenvalue weighted by Crippen LogP contribution is -1.94. The van der Waals surface area contributed by atoms with Crippen molar-refractivity contribution in [2.75, 3.05) is 7.11 Å². The highest BCUT2D eigenvalue weighted by Crippen LogP contribution is 2.28. The molecule has 0 amide bonds. The van der Waals surface area contributed by atoms with Crippen LogP contribution in [0.25, 0.3) is 6.08 Å². The van der Waals surface area contributed by atoms with Crippen molar-refractivity contribution in [1.29, 1.82) is 0 Å². The van der Waals surface area contributed by atoms with Gasteiger partial charge in [0.05, 0.1) is 12.1 Å². The highest BCUT2D eigenvalue weighted by molar-refractivity contribution is 6.32. The van der Waals surface area contributed by atoms with Gasteiger partial charge >= 0.3 is 0 Å². The average molecular weight is 307 g/mol. The molecule has 108 valence electrons. The van der Waals surface area contributed by atoms with Crippen LogP contribution >= 0.6 is 11.6 Å². The molecule has 0 aliphatic heterocycles. The second kappa shape index (κ2) is 6.41. The summed E-state index contributed by atoms with van der Waals surface area (Å²) in [6.07, 6.45) is 2.74. The first kappa shape index (κ1) is 15.1. The van der Waals surface area contributed by atoms with Crippen molar-refractivity contribution in [3.63, 3.8) is 0 Å². The van der Waals surface area contributed by atoms with Gasteiger partial charge in [0, 0.05) is 5.56 Å². The second-order valence-electron chi connectivity index (χ2n) is 4.26. The largest absolute Gasteiger partial charge is 0.504 e. The lowest BCUT2D eigenvalue weighted by atomic mass is 10.1. The lowest BCUT2D eigenvalue weighted by Gasteiger charge is -2.01. The molecule has 1 N–H and O–H groups in total. The Morgan fingerprint density at radius 3 is 2.52 bits per heavy atom. The molecule has 0 saturated heterocycles. The van der Waals surface area contributed by atoms with Gasteiger partial charge in [0.1, 0.15) is 5.75 Å². The van der Waals surface area contributed by atoms with E-state index in [0.29, 0.717) is 16.9 Å². The van der Waals surface area contributed by atoms with Gasteiger partial charge in [0.25, 0.3) is 0 Å². The van der Waals surface area contributed by atoms with Crippen molar-refractivity contribution in [1.82, 2.24) is 0 Å². The number of carbonyl (C=O) groups is 1. The Balaban J connectivity index is 2.18. The Bertz CT molecular complexity index is 670. The zero-order valence-electron chi connectivity index (χ0n) is 11.1. The second-order valence-corrected chi connectivity index (χ2v) is 4.67. The monoisotopic (exact) mass is 306 g/mol. The summed E-state index contributed by atoms with van der Waals surface area (Å²) >= 11 is 5.66. The molecule has 0 saturated carbocycles. The van der Waals surface area contributed by atoms with Gasteiger partial charge in [0.15, 0.2) is 17.3 Å².